The first kappa shape index (κ1) is 16.3. The van der Waals surface area contributed by atoms with Gasteiger partial charge in [-0.15, -0.1) is 5.10 Å². The van der Waals surface area contributed by atoms with Crippen molar-refractivity contribution in [2.24, 2.45) is 0 Å². The highest BCUT2D eigenvalue weighted by atomic mass is 79.9. The molecule has 1 heterocycles. The first-order chi connectivity index (χ1) is 11.5. The van der Waals surface area contributed by atoms with Gasteiger partial charge in [-0.3, -0.25) is 0 Å². The summed E-state index contributed by atoms with van der Waals surface area (Å²) in [7, 11) is 0. The summed E-state index contributed by atoms with van der Waals surface area (Å²) < 4.78 is 27.5. The van der Waals surface area contributed by atoms with Gasteiger partial charge in [0.1, 0.15) is 11.6 Å². The minimum Gasteiger partial charge on any atom is -0.336 e. The molecule has 0 aliphatic heterocycles. The highest BCUT2D eigenvalue weighted by Crippen LogP contribution is 2.26. The molecule has 0 unspecified atom stereocenters. The molecule has 122 valence electrons. The first-order valence-corrected chi connectivity index (χ1v) is 7.75. The minimum atomic E-state index is -0.718. The number of aromatic nitrogens is 3. The number of hydrogen-bond acceptors (Lipinski definition) is 5. The second kappa shape index (κ2) is 6.88. The highest BCUT2D eigenvalue weighted by Gasteiger charge is 2.08. The van der Waals surface area contributed by atoms with Crippen LogP contribution in [0.25, 0.3) is 0 Å². The van der Waals surface area contributed by atoms with Crippen LogP contribution in [0.2, 0.25) is 0 Å². The van der Waals surface area contributed by atoms with Crippen LogP contribution in [0, 0.1) is 18.6 Å². The Morgan fingerprint density at radius 2 is 1.79 bits per heavy atom. The summed E-state index contributed by atoms with van der Waals surface area (Å²) in [6.45, 7) is 1.98. The van der Waals surface area contributed by atoms with Crippen molar-refractivity contribution in [2.45, 2.75) is 6.92 Å². The first-order valence-electron chi connectivity index (χ1n) is 6.96. The van der Waals surface area contributed by atoms with Crippen LogP contribution >= 0.6 is 15.9 Å². The van der Waals surface area contributed by atoms with Gasteiger partial charge >= 0.3 is 0 Å². The van der Waals surface area contributed by atoms with Gasteiger partial charge in [0.15, 0.2) is 5.82 Å². The lowest BCUT2D eigenvalue weighted by Gasteiger charge is -2.10. The molecule has 0 bridgehead atoms. The average Bonchev–Trinajstić information content (AvgIpc) is 2.53. The molecule has 0 radical (unpaired) electrons. The van der Waals surface area contributed by atoms with E-state index in [2.05, 4.69) is 41.7 Å². The van der Waals surface area contributed by atoms with Crippen molar-refractivity contribution in [3.8, 4) is 0 Å². The number of anilines is 4. The fourth-order valence-corrected chi connectivity index (χ4v) is 2.58. The molecule has 5 nitrogen and oxygen atoms in total. The molecule has 3 rings (SSSR count). The van der Waals surface area contributed by atoms with Crippen LogP contribution in [0.4, 0.5) is 31.9 Å². The Bertz CT molecular complexity index is 819. The predicted molar refractivity (Wildman–Crippen MR) is 91.6 cm³/mol. The lowest BCUT2D eigenvalue weighted by molar-refractivity contribution is 0.586. The smallest absolute Gasteiger partial charge is 0.249 e. The summed E-state index contributed by atoms with van der Waals surface area (Å²) in [6.07, 6.45) is 1.35. The summed E-state index contributed by atoms with van der Waals surface area (Å²) in [5, 5.41) is 13.5. The van der Waals surface area contributed by atoms with Gasteiger partial charge in [0.25, 0.3) is 0 Å². The Balaban J connectivity index is 1.81. The third-order valence-electron chi connectivity index (χ3n) is 3.12. The third-order valence-corrected chi connectivity index (χ3v) is 3.78. The largest absolute Gasteiger partial charge is 0.336 e. The molecule has 0 saturated heterocycles. The van der Waals surface area contributed by atoms with Crippen LogP contribution in [0.1, 0.15) is 5.56 Å². The number of aryl methyl sites for hydroxylation is 1. The van der Waals surface area contributed by atoms with Gasteiger partial charge in [-0.05, 0) is 52.7 Å². The second-order valence-corrected chi connectivity index (χ2v) is 5.88. The average molecular weight is 392 g/mol. The zero-order chi connectivity index (χ0) is 17.1. The number of benzene rings is 2. The molecule has 0 spiro atoms. The topological polar surface area (TPSA) is 62.7 Å². The molecule has 0 saturated carbocycles. The summed E-state index contributed by atoms with van der Waals surface area (Å²) >= 11 is 3.45. The lowest BCUT2D eigenvalue weighted by atomic mass is 10.2. The van der Waals surface area contributed by atoms with Crippen LogP contribution in [-0.2, 0) is 0 Å². The van der Waals surface area contributed by atoms with Crippen molar-refractivity contribution in [1.82, 2.24) is 15.2 Å². The Labute approximate surface area is 145 Å². The van der Waals surface area contributed by atoms with Gasteiger partial charge in [-0.25, -0.2) is 8.78 Å². The molecular weight excluding hydrogens is 380 g/mol. The van der Waals surface area contributed by atoms with E-state index in [0.717, 1.165) is 27.9 Å². The van der Waals surface area contributed by atoms with Gasteiger partial charge in [0.2, 0.25) is 5.95 Å². The van der Waals surface area contributed by atoms with Crippen molar-refractivity contribution in [3.63, 3.8) is 0 Å². The third kappa shape index (κ3) is 3.83. The molecule has 0 amide bonds. The fourth-order valence-electron chi connectivity index (χ4n) is 1.99. The Morgan fingerprint density at radius 3 is 2.54 bits per heavy atom. The maximum atomic E-state index is 13.7. The number of rotatable bonds is 4. The van der Waals surface area contributed by atoms with E-state index in [1.807, 2.05) is 25.1 Å². The van der Waals surface area contributed by atoms with E-state index in [9.17, 15) is 8.78 Å². The van der Waals surface area contributed by atoms with E-state index in [1.165, 1.54) is 12.3 Å². The van der Waals surface area contributed by atoms with E-state index in [1.54, 1.807) is 0 Å². The van der Waals surface area contributed by atoms with E-state index >= 15 is 0 Å². The molecular formula is C16H12BrF2N5. The standard InChI is InChI=1S/C16H12BrF2N5/c1-9-2-4-13(11(17)6-9)22-16-23-15(8-20-24-16)21-14-5-3-10(18)7-12(14)19/h2-8H,1H3,(H2,21,22,23,24). The molecule has 0 fully saturated rings. The quantitative estimate of drug-likeness (QED) is 0.674. The maximum Gasteiger partial charge on any atom is 0.249 e. The van der Waals surface area contributed by atoms with Gasteiger partial charge in [-0.2, -0.15) is 10.1 Å². The number of halogens is 3. The molecule has 1 aromatic heterocycles. The Kier molecular flexibility index (Phi) is 4.66. The number of nitrogens with one attached hydrogen (secondary N) is 2. The molecule has 8 heteroatoms. The molecule has 3 aromatic rings. The zero-order valence-corrected chi connectivity index (χ0v) is 14.1. The minimum absolute atomic E-state index is 0.0966. The van der Waals surface area contributed by atoms with Crippen molar-refractivity contribution in [2.75, 3.05) is 10.6 Å². The van der Waals surface area contributed by atoms with Crippen molar-refractivity contribution in [3.05, 3.63) is 64.3 Å². The van der Waals surface area contributed by atoms with Crippen LogP contribution < -0.4 is 10.6 Å². The second-order valence-electron chi connectivity index (χ2n) is 5.02. The molecule has 2 N–H and O–H groups in total. The number of nitrogens with zero attached hydrogens (tertiary/aromatic N) is 3. The summed E-state index contributed by atoms with van der Waals surface area (Å²) in [4.78, 5) is 4.21. The number of hydrogen-bond donors (Lipinski definition) is 2. The molecule has 0 aliphatic rings. The van der Waals surface area contributed by atoms with E-state index in [0.29, 0.717) is 0 Å². The van der Waals surface area contributed by atoms with Gasteiger partial charge in [0, 0.05) is 10.5 Å². The Morgan fingerprint density at radius 1 is 1.00 bits per heavy atom. The van der Waals surface area contributed by atoms with E-state index < -0.39 is 11.6 Å². The van der Waals surface area contributed by atoms with Crippen molar-refractivity contribution in [1.29, 1.82) is 0 Å². The van der Waals surface area contributed by atoms with Crippen LogP contribution in [0.5, 0.6) is 0 Å². The van der Waals surface area contributed by atoms with Crippen LogP contribution in [0.3, 0.4) is 0 Å². The maximum absolute atomic E-state index is 13.7. The normalized spacial score (nSPS) is 10.5. The van der Waals surface area contributed by atoms with E-state index in [-0.39, 0.29) is 17.5 Å². The van der Waals surface area contributed by atoms with Crippen molar-refractivity contribution >= 4 is 39.1 Å². The highest BCUT2D eigenvalue weighted by molar-refractivity contribution is 9.10. The Hall–Kier alpha value is -2.61. The fraction of sp³-hybridized carbons (Fsp3) is 0.0625. The monoisotopic (exact) mass is 391 g/mol. The molecule has 2 aromatic carbocycles. The molecule has 24 heavy (non-hydrogen) atoms. The molecule has 0 atom stereocenters. The van der Waals surface area contributed by atoms with Gasteiger partial charge < -0.3 is 10.6 Å². The summed E-state index contributed by atoms with van der Waals surface area (Å²) in [5.74, 6) is -0.844. The van der Waals surface area contributed by atoms with Crippen LogP contribution in [0.15, 0.2) is 47.1 Å². The lowest BCUT2D eigenvalue weighted by Crippen LogP contribution is -2.03. The zero-order valence-electron chi connectivity index (χ0n) is 12.5. The summed E-state index contributed by atoms with van der Waals surface area (Å²) in [6, 6.07) is 9.00. The van der Waals surface area contributed by atoms with Gasteiger partial charge in [0.05, 0.1) is 17.6 Å². The molecule has 0 aliphatic carbocycles. The van der Waals surface area contributed by atoms with Crippen molar-refractivity contribution < 1.29 is 8.78 Å². The van der Waals surface area contributed by atoms with E-state index in [4.69, 9.17) is 0 Å². The SMILES string of the molecule is Cc1ccc(Nc2nncc(Nc3ccc(F)cc3F)n2)c(Br)c1. The van der Waals surface area contributed by atoms with Gasteiger partial charge in [-0.1, -0.05) is 6.07 Å². The predicted octanol–water partition coefficient (Wildman–Crippen LogP) is 4.71. The summed E-state index contributed by atoms with van der Waals surface area (Å²) in [5.41, 5.74) is 1.97. The van der Waals surface area contributed by atoms with Crippen LogP contribution in [-0.4, -0.2) is 15.2 Å².